The molecule has 0 aliphatic carbocycles. The Balaban J connectivity index is 1.78. The summed E-state index contributed by atoms with van der Waals surface area (Å²) in [6.07, 6.45) is 1.25. The van der Waals surface area contributed by atoms with E-state index >= 15 is 0 Å². The number of nitrogens with zero attached hydrogens (tertiary/aromatic N) is 1. The predicted molar refractivity (Wildman–Crippen MR) is 71.3 cm³/mol. The zero-order valence-corrected chi connectivity index (χ0v) is 10.3. The summed E-state index contributed by atoms with van der Waals surface area (Å²) in [6.45, 7) is 2.36. The highest BCUT2D eigenvalue weighted by atomic mass is 32.1. The van der Waals surface area contributed by atoms with Crippen LogP contribution in [0.2, 0.25) is 0 Å². The first-order valence-electron chi connectivity index (χ1n) is 5.73. The van der Waals surface area contributed by atoms with Gasteiger partial charge in [0.2, 0.25) is 0 Å². The molecule has 0 radical (unpaired) electrons. The summed E-state index contributed by atoms with van der Waals surface area (Å²) in [5.41, 5.74) is 1.26. The number of benzene rings is 1. The van der Waals surface area contributed by atoms with Crippen molar-refractivity contribution in [3.05, 3.63) is 29.6 Å². The molecule has 1 aromatic carbocycles. The van der Waals surface area contributed by atoms with Crippen LogP contribution in [0.15, 0.2) is 29.6 Å². The minimum Gasteiger partial charge on any atom is -0.381 e. The van der Waals surface area contributed by atoms with E-state index in [0.717, 1.165) is 6.54 Å². The average molecular weight is 232 g/mol. The number of hydrogen-bond acceptors (Lipinski definition) is 3. The van der Waals surface area contributed by atoms with Gasteiger partial charge in [-0.25, -0.2) is 0 Å². The highest BCUT2D eigenvalue weighted by molar-refractivity contribution is 7.17. The molecule has 1 unspecified atom stereocenters. The minimum absolute atomic E-state index is 0.612. The topological polar surface area (TPSA) is 15.3 Å². The highest BCUT2D eigenvalue weighted by Crippen LogP contribution is 2.25. The smallest absolute Gasteiger partial charge is 0.0400 e. The maximum absolute atomic E-state index is 3.62. The summed E-state index contributed by atoms with van der Waals surface area (Å²) >= 11 is 1.80. The third kappa shape index (κ3) is 1.93. The van der Waals surface area contributed by atoms with Crippen molar-refractivity contribution in [3.63, 3.8) is 0 Å². The van der Waals surface area contributed by atoms with E-state index in [4.69, 9.17) is 0 Å². The van der Waals surface area contributed by atoms with Gasteiger partial charge in [-0.05, 0) is 55.0 Å². The van der Waals surface area contributed by atoms with Crippen molar-refractivity contribution in [2.45, 2.75) is 12.5 Å². The molecule has 2 heterocycles. The van der Waals surface area contributed by atoms with Crippen molar-refractivity contribution in [1.29, 1.82) is 0 Å². The van der Waals surface area contributed by atoms with E-state index in [1.54, 1.807) is 11.3 Å². The number of likely N-dealkylation sites (tertiary alicyclic amines) is 1. The Morgan fingerprint density at radius 3 is 3.12 bits per heavy atom. The normalized spacial score (nSPS) is 21.7. The number of thiophene rings is 1. The van der Waals surface area contributed by atoms with Crippen LogP contribution >= 0.6 is 11.3 Å². The van der Waals surface area contributed by atoms with Gasteiger partial charge in [0.05, 0.1) is 0 Å². The van der Waals surface area contributed by atoms with Crippen molar-refractivity contribution in [2.24, 2.45) is 0 Å². The van der Waals surface area contributed by atoms with Crippen molar-refractivity contribution >= 4 is 27.1 Å². The lowest BCUT2D eigenvalue weighted by Crippen LogP contribution is -2.23. The molecule has 0 saturated carbocycles. The first-order valence-corrected chi connectivity index (χ1v) is 6.61. The van der Waals surface area contributed by atoms with E-state index in [1.165, 1.54) is 28.7 Å². The number of anilines is 1. The van der Waals surface area contributed by atoms with Gasteiger partial charge in [0.25, 0.3) is 0 Å². The Hall–Kier alpha value is -1.06. The fourth-order valence-corrected chi connectivity index (χ4v) is 3.12. The third-order valence-electron chi connectivity index (χ3n) is 3.21. The van der Waals surface area contributed by atoms with Gasteiger partial charge in [0, 0.05) is 23.0 Å². The fraction of sp³-hybridized carbons (Fsp3) is 0.385. The van der Waals surface area contributed by atoms with Crippen LogP contribution in [0.4, 0.5) is 5.69 Å². The van der Waals surface area contributed by atoms with E-state index in [9.17, 15) is 0 Å². The molecule has 3 heteroatoms. The number of nitrogens with one attached hydrogen (secondary N) is 1. The van der Waals surface area contributed by atoms with E-state index < -0.39 is 0 Å². The highest BCUT2D eigenvalue weighted by Gasteiger charge is 2.18. The molecule has 1 aliphatic rings. The third-order valence-corrected chi connectivity index (χ3v) is 4.11. The first kappa shape index (κ1) is 10.1. The number of likely N-dealkylation sites (N-methyl/N-ethyl adjacent to an activating group) is 1. The van der Waals surface area contributed by atoms with Gasteiger partial charge in [0.1, 0.15) is 0 Å². The molecule has 84 valence electrons. The van der Waals surface area contributed by atoms with E-state index in [2.05, 4.69) is 46.9 Å². The molecule has 1 aromatic heterocycles. The zero-order chi connectivity index (χ0) is 11.0. The number of rotatable bonds is 2. The van der Waals surface area contributed by atoms with E-state index in [-0.39, 0.29) is 0 Å². The molecule has 16 heavy (non-hydrogen) atoms. The maximum atomic E-state index is 3.62. The summed E-state index contributed by atoms with van der Waals surface area (Å²) in [4.78, 5) is 2.38. The molecule has 1 atom stereocenters. The van der Waals surface area contributed by atoms with Crippen LogP contribution in [0.1, 0.15) is 6.42 Å². The molecule has 3 rings (SSSR count). The van der Waals surface area contributed by atoms with Gasteiger partial charge in [-0.15, -0.1) is 11.3 Å². The van der Waals surface area contributed by atoms with E-state index in [0.29, 0.717) is 6.04 Å². The Bertz CT molecular complexity index is 491. The molecule has 1 fully saturated rings. The molecule has 1 N–H and O–H groups in total. The average Bonchev–Trinajstić information content (AvgIpc) is 2.87. The van der Waals surface area contributed by atoms with Crippen LogP contribution < -0.4 is 5.32 Å². The number of hydrogen-bond donors (Lipinski definition) is 1. The lowest BCUT2D eigenvalue weighted by Gasteiger charge is -2.14. The van der Waals surface area contributed by atoms with Crippen molar-refractivity contribution in [3.8, 4) is 0 Å². The second-order valence-electron chi connectivity index (χ2n) is 4.57. The van der Waals surface area contributed by atoms with Crippen molar-refractivity contribution < 1.29 is 0 Å². The van der Waals surface area contributed by atoms with Crippen LogP contribution in [-0.4, -0.2) is 31.1 Å². The summed E-state index contributed by atoms with van der Waals surface area (Å²) < 4.78 is 1.37. The Kier molecular flexibility index (Phi) is 2.58. The van der Waals surface area contributed by atoms with Gasteiger partial charge in [0.15, 0.2) is 0 Å². The minimum atomic E-state index is 0.612. The zero-order valence-electron chi connectivity index (χ0n) is 9.44. The molecular weight excluding hydrogens is 216 g/mol. The lowest BCUT2D eigenvalue weighted by molar-refractivity contribution is 0.414. The van der Waals surface area contributed by atoms with Gasteiger partial charge in [-0.3, -0.25) is 0 Å². The monoisotopic (exact) mass is 232 g/mol. The molecule has 0 amide bonds. The summed E-state index contributed by atoms with van der Waals surface area (Å²) in [5.74, 6) is 0. The molecule has 1 aliphatic heterocycles. The largest absolute Gasteiger partial charge is 0.381 e. The standard InChI is InChI=1S/C13H16N2S/c1-15-6-4-12(9-15)14-11-2-3-13-10(8-11)5-7-16-13/h2-3,5,7-8,12,14H,4,6,9H2,1H3. The summed E-state index contributed by atoms with van der Waals surface area (Å²) in [7, 11) is 2.18. The number of fused-ring (bicyclic) bond motifs is 1. The van der Waals surface area contributed by atoms with Gasteiger partial charge in [-0.1, -0.05) is 0 Å². The second kappa shape index (κ2) is 4.07. The quantitative estimate of drug-likeness (QED) is 0.856. The molecular formula is C13H16N2S. The Morgan fingerprint density at radius 2 is 2.31 bits per heavy atom. The molecule has 1 saturated heterocycles. The van der Waals surface area contributed by atoms with Crippen LogP contribution in [0.25, 0.3) is 10.1 Å². The molecule has 0 spiro atoms. The van der Waals surface area contributed by atoms with Gasteiger partial charge in [-0.2, -0.15) is 0 Å². The summed E-state index contributed by atoms with van der Waals surface area (Å²) in [5, 5.41) is 7.12. The van der Waals surface area contributed by atoms with Crippen LogP contribution in [0.3, 0.4) is 0 Å². The second-order valence-corrected chi connectivity index (χ2v) is 5.51. The maximum Gasteiger partial charge on any atom is 0.0400 e. The van der Waals surface area contributed by atoms with Crippen molar-refractivity contribution in [1.82, 2.24) is 4.90 Å². The van der Waals surface area contributed by atoms with Crippen molar-refractivity contribution in [2.75, 3.05) is 25.5 Å². The van der Waals surface area contributed by atoms with Crippen LogP contribution in [0.5, 0.6) is 0 Å². The molecule has 0 bridgehead atoms. The fourth-order valence-electron chi connectivity index (χ4n) is 2.34. The Labute approximate surface area is 99.9 Å². The van der Waals surface area contributed by atoms with Gasteiger partial charge >= 0.3 is 0 Å². The molecule has 2 aromatic rings. The Morgan fingerprint density at radius 1 is 1.38 bits per heavy atom. The summed E-state index contributed by atoms with van der Waals surface area (Å²) in [6, 6.07) is 9.45. The van der Waals surface area contributed by atoms with E-state index in [1.807, 2.05) is 0 Å². The predicted octanol–water partition coefficient (Wildman–Crippen LogP) is 3.02. The first-order chi connectivity index (χ1) is 7.81. The lowest BCUT2D eigenvalue weighted by atomic mass is 10.2. The molecule has 2 nitrogen and oxygen atoms in total. The van der Waals surface area contributed by atoms with Gasteiger partial charge < -0.3 is 10.2 Å². The SMILES string of the molecule is CN1CCC(Nc2ccc3sccc3c2)C1. The van der Waals surface area contributed by atoms with Crippen LogP contribution in [0, 0.1) is 0 Å². The van der Waals surface area contributed by atoms with Crippen LogP contribution in [-0.2, 0) is 0 Å².